The zero-order valence-corrected chi connectivity index (χ0v) is 9.07. The highest BCUT2D eigenvalue weighted by Crippen LogP contribution is 2.28. The fraction of sp³-hybridized carbons (Fsp3) is 0.364. The number of rotatable bonds is 3. The Hall–Kier alpha value is -1.71. The van der Waals surface area contributed by atoms with Crippen molar-refractivity contribution in [1.29, 1.82) is 0 Å². The summed E-state index contributed by atoms with van der Waals surface area (Å²) in [6.07, 6.45) is -1.09. The monoisotopic (exact) mass is 209 g/mol. The summed E-state index contributed by atoms with van der Waals surface area (Å²) >= 11 is 0. The van der Waals surface area contributed by atoms with Crippen LogP contribution in [0.3, 0.4) is 0 Å². The van der Waals surface area contributed by atoms with Gasteiger partial charge >= 0.3 is 6.09 Å². The largest absolute Gasteiger partial charge is 0.495 e. The van der Waals surface area contributed by atoms with Crippen LogP contribution in [0.1, 0.15) is 25.3 Å². The molecule has 82 valence electrons. The van der Waals surface area contributed by atoms with E-state index in [1.54, 1.807) is 6.07 Å². The molecule has 1 aromatic rings. The smallest absolute Gasteiger partial charge is 0.409 e. The summed E-state index contributed by atoms with van der Waals surface area (Å²) in [7, 11) is 1.52. The lowest BCUT2D eigenvalue weighted by Crippen LogP contribution is -2.08. The van der Waals surface area contributed by atoms with Crippen molar-refractivity contribution in [2.45, 2.75) is 19.8 Å². The van der Waals surface area contributed by atoms with Crippen LogP contribution in [0.2, 0.25) is 0 Å². The normalized spacial score (nSPS) is 10.1. The molecule has 0 heterocycles. The van der Waals surface area contributed by atoms with E-state index in [4.69, 9.17) is 9.84 Å². The molecule has 0 aliphatic heterocycles. The van der Waals surface area contributed by atoms with Gasteiger partial charge in [0.1, 0.15) is 5.75 Å². The predicted octanol–water partition coefficient (Wildman–Crippen LogP) is 2.91. The van der Waals surface area contributed by atoms with Gasteiger partial charge in [0.25, 0.3) is 0 Å². The van der Waals surface area contributed by atoms with Gasteiger partial charge in [-0.25, -0.2) is 4.79 Å². The van der Waals surface area contributed by atoms with Gasteiger partial charge in [-0.3, -0.25) is 5.32 Å². The van der Waals surface area contributed by atoms with Crippen molar-refractivity contribution in [3.8, 4) is 5.75 Å². The van der Waals surface area contributed by atoms with E-state index < -0.39 is 6.09 Å². The number of anilines is 1. The molecule has 1 rings (SSSR count). The van der Waals surface area contributed by atoms with E-state index in [2.05, 4.69) is 19.2 Å². The average Bonchev–Trinajstić information content (AvgIpc) is 2.17. The summed E-state index contributed by atoms with van der Waals surface area (Å²) in [5.74, 6) is 0.932. The van der Waals surface area contributed by atoms with Crippen LogP contribution >= 0.6 is 0 Å². The summed E-state index contributed by atoms with van der Waals surface area (Å²) in [6, 6.07) is 5.44. The van der Waals surface area contributed by atoms with Gasteiger partial charge in [-0.05, 0) is 23.6 Å². The van der Waals surface area contributed by atoms with Crippen molar-refractivity contribution in [3.63, 3.8) is 0 Å². The Morgan fingerprint density at radius 3 is 2.60 bits per heavy atom. The molecule has 4 heteroatoms. The molecule has 0 radical (unpaired) electrons. The highest BCUT2D eigenvalue weighted by molar-refractivity contribution is 5.85. The Labute approximate surface area is 88.9 Å². The quantitative estimate of drug-likeness (QED) is 0.804. The third-order valence-electron chi connectivity index (χ3n) is 2.13. The summed E-state index contributed by atoms with van der Waals surface area (Å²) < 4.78 is 5.11. The minimum Gasteiger partial charge on any atom is -0.495 e. The molecule has 15 heavy (non-hydrogen) atoms. The van der Waals surface area contributed by atoms with Crippen molar-refractivity contribution in [3.05, 3.63) is 23.8 Å². The third-order valence-corrected chi connectivity index (χ3v) is 2.13. The van der Waals surface area contributed by atoms with E-state index in [0.717, 1.165) is 5.56 Å². The van der Waals surface area contributed by atoms with Crippen LogP contribution in [0.15, 0.2) is 18.2 Å². The maximum Gasteiger partial charge on any atom is 0.409 e. The Morgan fingerprint density at radius 2 is 2.13 bits per heavy atom. The second-order valence-electron chi connectivity index (χ2n) is 3.54. The van der Waals surface area contributed by atoms with Gasteiger partial charge in [-0.1, -0.05) is 19.9 Å². The second kappa shape index (κ2) is 4.68. The number of nitrogens with one attached hydrogen (secondary N) is 1. The summed E-state index contributed by atoms with van der Waals surface area (Å²) in [5.41, 5.74) is 1.58. The van der Waals surface area contributed by atoms with E-state index in [1.807, 2.05) is 12.1 Å². The summed E-state index contributed by atoms with van der Waals surface area (Å²) in [4.78, 5) is 10.5. The van der Waals surface area contributed by atoms with E-state index in [1.165, 1.54) is 7.11 Å². The molecule has 1 aromatic carbocycles. The first-order chi connectivity index (χ1) is 7.04. The second-order valence-corrected chi connectivity index (χ2v) is 3.54. The number of carbonyl (C=O) groups is 1. The molecule has 0 unspecified atom stereocenters. The zero-order chi connectivity index (χ0) is 11.4. The molecule has 0 saturated carbocycles. The molecule has 0 fully saturated rings. The maximum atomic E-state index is 10.5. The van der Waals surface area contributed by atoms with Crippen LogP contribution in [-0.4, -0.2) is 18.3 Å². The highest BCUT2D eigenvalue weighted by atomic mass is 16.5. The van der Waals surface area contributed by atoms with Gasteiger partial charge in [-0.2, -0.15) is 0 Å². The number of methoxy groups -OCH3 is 1. The van der Waals surface area contributed by atoms with Gasteiger partial charge in [-0.15, -0.1) is 0 Å². The van der Waals surface area contributed by atoms with E-state index in [0.29, 0.717) is 17.4 Å². The molecule has 0 bridgehead atoms. The Bertz CT molecular complexity index is 361. The Kier molecular flexibility index (Phi) is 3.55. The minimum atomic E-state index is -1.09. The number of benzene rings is 1. The van der Waals surface area contributed by atoms with Crippen molar-refractivity contribution >= 4 is 11.8 Å². The lowest BCUT2D eigenvalue weighted by atomic mass is 10.0. The Balaban J connectivity index is 3.03. The van der Waals surface area contributed by atoms with Crippen LogP contribution < -0.4 is 10.1 Å². The molecule has 0 aromatic heterocycles. The van der Waals surface area contributed by atoms with Crippen LogP contribution in [-0.2, 0) is 0 Å². The SMILES string of the molecule is COc1cc(C(C)C)ccc1NC(=O)O. The van der Waals surface area contributed by atoms with Crippen LogP contribution in [0.25, 0.3) is 0 Å². The van der Waals surface area contributed by atoms with Crippen molar-refractivity contribution in [2.75, 3.05) is 12.4 Å². The zero-order valence-electron chi connectivity index (χ0n) is 9.07. The van der Waals surface area contributed by atoms with Gasteiger partial charge in [0, 0.05) is 0 Å². The number of carboxylic acid groups (broad SMARTS) is 1. The van der Waals surface area contributed by atoms with Crippen LogP contribution in [0.4, 0.5) is 10.5 Å². The first-order valence-electron chi connectivity index (χ1n) is 4.72. The van der Waals surface area contributed by atoms with E-state index >= 15 is 0 Å². The molecule has 0 spiro atoms. The minimum absolute atomic E-state index is 0.387. The molecular weight excluding hydrogens is 194 g/mol. The Morgan fingerprint density at radius 1 is 1.47 bits per heavy atom. The lowest BCUT2D eigenvalue weighted by Gasteiger charge is -2.11. The molecule has 0 atom stereocenters. The van der Waals surface area contributed by atoms with E-state index in [9.17, 15) is 4.79 Å². The average molecular weight is 209 g/mol. The topological polar surface area (TPSA) is 58.6 Å². The van der Waals surface area contributed by atoms with Crippen molar-refractivity contribution < 1.29 is 14.6 Å². The predicted molar refractivity (Wildman–Crippen MR) is 58.7 cm³/mol. The van der Waals surface area contributed by atoms with Crippen LogP contribution in [0.5, 0.6) is 5.75 Å². The molecule has 1 amide bonds. The third kappa shape index (κ3) is 2.87. The maximum absolute atomic E-state index is 10.5. The fourth-order valence-corrected chi connectivity index (χ4v) is 1.29. The molecule has 0 aliphatic rings. The number of hydrogen-bond acceptors (Lipinski definition) is 2. The van der Waals surface area contributed by atoms with Crippen LogP contribution in [0, 0.1) is 0 Å². The first-order valence-corrected chi connectivity index (χ1v) is 4.72. The molecule has 0 aliphatic carbocycles. The van der Waals surface area contributed by atoms with Gasteiger partial charge in [0.15, 0.2) is 0 Å². The first kappa shape index (κ1) is 11.4. The molecular formula is C11H15NO3. The summed E-state index contributed by atoms with van der Waals surface area (Å²) in [6.45, 7) is 4.14. The highest BCUT2D eigenvalue weighted by Gasteiger charge is 2.08. The van der Waals surface area contributed by atoms with Gasteiger partial charge in [0.2, 0.25) is 0 Å². The fourth-order valence-electron chi connectivity index (χ4n) is 1.29. The van der Waals surface area contributed by atoms with Gasteiger partial charge in [0.05, 0.1) is 12.8 Å². The standard InChI is InChI=1S/C11H15NO3/c1-7(2)8-4-5-9(12-11(13)14)10(6-8)15-3/h4-7,12H,1-3H3,(H,13,14). The number of ether oxygens (including phenoxy) is 1. The van der Waals surface area contributed by atoms with Crippen molar-refractivity contribution in [2.24, 2.45) is 0 Å². The number of hydrogen-bond donors (Lipinski definition) is 2. The summed E-state index contributed by atoms with van der Waals surface area (Å²) in [5, 5.41) is 10.9. The lowest BCUT2D eigenvalue weighted by molar-refractivity contribution is 0.209. The molecule has 4 nitrogen and oxygen atoms in total. The van der Waals surface area contributed by atoms with Crippen molar-refractivity contribution in [1.82, 2.24) is 0 Å². The van der Waals surface area contributed by atoms with Gasteiger partial charge < -0.3 is 9.84 Å². The number of amides is 1. The molecule has 0 saturated heterocycles. The van der Waals surface area contributed by atoms with E-state index in [-0.39, 0.29) is 0 Å². The molecule has 2 N–H and O–H groups in total.